The van der Waals surface area contributed by atoms with E-state index in [9.17, 15) is 30.0 Å². The highest BCUT2D eigenvalue weighted by molar-refractivity contribution is 7.94. The number of hydrogen-bond donors (Lipinski definition) is 0. The molecule has 0 aliphatic carbocycles. The fourth-order valence-corrected chi connectivity index (χ4v) is 9.40. The third kappa shape index (κ3) is 3.94. The molecule has 0 N–H and O–H groups in total. The van der Waals surface area contributed by atoms with E-state index in [0.717, 1.165) is 4.31 Å². The number of nitrogens with zero attached hydrogens (tertiary/aromatic N) is 2. The van der Waals surface area contributed by atoms with Crippen LogP contribution >= 0.6 is 0 Å². The van der Waals surface area contributed by atoms with Gasteiger partial charge in [0, 0.05) is 12.6 Å². The van der Waals surface area contributed by atoms with Gasteiger partial charge in [-0.1, -0.05) is 13.8 Å². The molecule has 1 amide bonds. The van der Waals surface area contributed by atoms with E-state index in [1.807, 2.05) is 0 Å². The number of aryl methyl sites for hydroxylation is 1. The maximum absolute atomic E-state index is 13.2. The summed E-state index contributed by atoms with van der Waals surface area (Å²) in [5, 5.41) is 0. The summed E-state index contributed by atoms with van der Waals surface area (Å²) in [6.07, 6.45) is 0.241. The average molecular weight is 465 g/mol. The number of rotatable bonds is 5. The highest BCUT2D eigenvalue weighted by Crippen LogP contribution is 2.32. The van der Waals surface area contributed by atoms with E-state index in [1.165, 1.54) is 36.4 Å². The van der Waals surface area contributed by atoms with Gasteiger partial charge in [-0.25, -0.2) is 29.6 Å². The molecule has 0 spiro atoms. The van der Waals surface area contributed by atoms with Gasteiger partial charge >= 0.3 is 0 Å². The van der Waals surface area contributed by atoms with E-state index < -0.39 is 47.8 Å². The van der Waals surface area contributed by atoms with Gasteiger partial charge in [0.2, 0.25) is 26.0 Å². The Hall–Kier alpha value is -1.50. The zero-order valence-corrected chi connectivity index (χ0v) is 18.8. The molecule has 2 aliphatic heterocycles. The molecule has 29 heavy (non-hydrogen) atoms. The number of sulfone groups is 1. The second-order valence-electron chi connectivity index (χ2n) is 7.50. The summed E-state index contributed by atoms with van der Waals surface area (Å²) in [5.74, 6) is -1.76. The third-order valence-electron chi connectivity index (χ3n) is 5.27. The lowest BCUT2D eigenvalue weighted by atomic mass is 10.2. The first kappa shape index (κ1) is 22.2. The van der Waals surface area contributed by atoms with Gasteiger partial charge in [0.05, 0.1) is 33.8 Å². The molecule has 0 bridgehead atoms. The summed E-state index contributed by atoms with van der Waals surface area (Å²) in [5.41, 5.74) is 0.381. The molecule has 2 saturated heterocycles. The van der Waals surface area contributed by atoms with Crippen LogP contribution in [0.3, 0.4) is 0 Å². The van der Waals surface area contributed by atoms with E-state index in [-0.39, 0.29) is 46.4 Å². The molecule has 2 heterocycles. The highest BCUT2D eigenvalue weighted by Gasteiger charge is 2.43. The molecule has 2 atom stereocenters. The van der Waals surface area contributed by atoms with Gasteiger partial charge in [-0.3, -0.25) is 4.79 Å². The number of carbonyl (C=O) groups excluding carboxylic acids is 1. The van der Waals surface area contributed by atoms with E-state index in [1.54, 1.807) is 6.92 Å². The van der Waals surface area contributed by atoms with Gasteiger partial charge in [-0.05, 0) is 37.1 Å². The van der Waals surface area contributed by atoms with E-state index in [0.29, 0.717) is 0 Å². The Morgan fingerprint density at radius 2 is 1.83 bits per heavy atom. The number of sulfonamides is 2. The topological polar surface area (TPSA) is 126 Å². The Kier molecular flexibility index (Phi) is 5.61. The molecule has 2 fully saturated rings. The third-order valence-corrected chi connectivity index (χ3v) is 11.1. The quantitative estimate of drug-likeness (QED) is 0.621. The van der Waals surface area contributed by atoms with Gasteiger partial charge < -0.3 is 0 Å². The van der Waals surface area contributed by atoms with Crippen molar-refractivity contribution in [2.75, 3.05) is 28.1 Å². The molecule has 9 nitrogen and oxygen atoms in total. The summed E-state index contributed by atoms with van der Waals surface area (Å²) in [6.45, 7) is 4.80. The van der Waals surface area contributed by atoms with Crippen LogP contribution in [0.1, 0.15) is 25.8 Å². The predicted molar refractivity (Wildman–Crippen MR) is 108 cm³/mol. The Labute approximate surface area is 171 Å². The molecular weight excluding hydrogens is 440 g/mol. The lowest BCUT2D eigenvalue weighted by Gasteiger charge is -2.27. The van der Waals surface area contributed by atoms with Crippen molar-refractivity contribution in [1.29, 1.82) is 0 Å². The van der Waals surface area contributed by atoms with Crippen LogP contribution in [0.15, 0.2) is 23.1 Å². The number of carbonyl (C=O) groups is 1. The van der Waals surface area contributed by atoms with E-state index in [4.69, 9.17) is 0 Å². The standard InChI is InChI=1S/C17H24N2O7S3/c1-4-18(15-7-8-27(21,22)11-15)29(25,26)16-6-5-14(9-12(16)2)19-17(20)13(3)10-28(19,23)24/h5-6,9,13,15H,4,7-8,10-11H2,1-3H3/t13-,15-/m0/s1. The summed E-state index contributed by atoms with van der Waals surface area (Å²) < 4.78 is 76.4. The lowest BCUT2D eigenvalue weighted by molar-refractivity contribution is -0.119. The van der Waals surface area contributed by atoms with Crippen LogP contribution in [-0.2, 0) is 34.7 Å². The van der Waals surface area contributed by atoms with Gasteiger partial charge in [0.25, 0.3) is 0 Å². The SMILES string of the molecule is CCN([C@H]1CCS(=O)(=O)C1)S(=O)(=O)c1ccc(N2C(=O)[C@@H](C)CS2(=O)=O)cc1C. The smallest absolute Gasteiger partial charge is 0.244 e. The Morgan fingerprint density at radius 3 is 2.28 bits per heavy atom. The number of amides is 1. The van der Waals surface area contributed by atoms with Gasteiger partial charge in [-0.15, -0.1) is 0 Å². The van der Waals surface area contributed by atoms with Crippen molar-refractivity contribution in [3.05, 3.63) is 23.8 Å². The summed E-state index contributed by atoms with van der Waals surface area (Å²) in [4.78, 5) is 12.2. The second-order valence-corrected chi connectivity index (χ2v) is 13.4. The van der Waals surface area contributed by atoms with Crippen LogP contribution in [0.2, 0.25) is 0 Å². The Bertz CT molecular complexity index is 1160. The van der Waals surface area contributed by atoms with E-state index >= 15 is 0 Å². The first-order valence-corrected chi connectivity index (χ1v) is 14.1. The maximum Gasteiger partial charge on any atom is 0.244 e. The van der Waals surface area contributed by atoms with Crippen LogP contribution in [0, 0.1) is 12.8 Å². The van der Waals surface area contributed by atoms with Crippen molar-refractivity contribution in [3.63, 3.8) is 0 Å². The van der Waals surface area contributed by atoms with Crippen LogP contribution in [-0.4, -0.2) is 65.3 Å². The molecule has 0 aromatic heterocycles. The van der Waals surface area contributed by atoms with Crippen LogP contribution in [0.25, 0.3) is 0 Å². The van der Waals surface area contributed by atoms with Crippen molar-refractivity contribution in [2.24, 2.45) is 5.92 Å². The Balaban J connectivity index is 1.98. The molecule has 12 heteroatoms. The zero-order chi connectivity index (χ0) is 21.8. The zero-order valence-electron chi connectivity index (χ0n) is 16.4. The number of anilines is 1. The van der Waals surface area contributed by atoms with Crippen molar-refractivity contribution in [1.82, 2.24) is 4.31 Å². The predicted octanol–water partition coefficient (Wildman–Crippen LogP) is 0.505. The minimum Gasteiger partial charge on any atom is -0.273 e. The van der Waals surface area contributed by atoms with Crippen LogP contribution < -0.4 is 4.31 Å². The van der Waals surface area contributed by atoms with Gasteiger partial charge in [-0.2, -0.15) is 4.31 Å². The molecule has 3 rings (SSSR count). The molecule has 0 radical (unpaired) electrons. The fourth-order valence-electron chi connectivity index (χ4n) is 3.89. The molecular formula is C17H24N2O7S3. The summed E-state index contributed by atoms with van der Waals surface area (Å²) in [6, 6.07) is 3.31. The van der Waals surface area contributed by atoms with Crippen molar-refractivity contribution >= 4 is 41.5 Å². The average Bonchev–Trinajstić information content (AvgIpc) is 3.03. The van der Waals surface area contributed by atoms with Crippen LogP contribution in [0.4, 0.5) is 5.69 Å². The molecule has 0 saturated carbocycles. The molecule has 2 aliphatic rings. The minimum atomic E-state index is -3.99. The van der Waals surface area contributed by atoms with Gasteiger partial charge in [0.15, 0.2) is 9.84 Å². The van der Waals surface area contributed by atoms with Crippen molar-refractivity contribution in [2.45, 2.75) is 38.1 Å². The highest BCUT2D eigenvalue weighted by atomic mass is 32.2. The first-order valence-electron chi connectivity index (χ1n) is 9.20. The number of hydrogen-bond acceptors (Lipinski definition) is 7. The molecule has 0 unspecified atom stereocenters. The summed E-state index contributed by atoms with van der Waals surface area (Å²) in [7, 11) is -11.0. The number of benzene rings is 1. The molecule has 1 aromatic rings. The van der Waals surface area contributed by atoms with E-state index in [2.05, 4.69) is 0 Å². The second kappa shape index (κ2) is 7.33. The van der Waals surface area contributed by atoms with Crippen LogP contribution in [0.5, 0.6) is 0 Å². The molecule has 1 aromatic carbocycles. The maximum atomic E-state index is 13.2. The van der Waals surface area contributed by atoms with Crippen molar-refractivity contribution < 1.29 is 30.0 Å². The normalized spacial score (nSPS) is 26.3. The summed E-state index contributed by atoms with van der Waals surface area (Å²) >= 11 is 0. The first-order chi connectivity index (χ1) is 13.3. The Morgan fingerprint density at radius 1 is 1.17 bits per heavy atom. The fraction of sp³-hybridized carbons (Fsp3) is 0.588. The monoisotopic (exact) mass is 464 g/mol. The molecule has 162 valence electrons. The lowest BCUT2D eigenvalue weighted by Crippen LogP contribution is -2.41. The van der Waals surface area contributed by atoms with Crippen molar-refractivity contribution in [3.8, 4) is 0 Å². The largest absolute Gasteiger partial charge is 0.273 e. The minimum absolute atomic E-state index is 0.0375. The van der Waals surface area contributed by atoms with Gasteiger partial charge in [0.1, 0.15) is 0 Å².